The van der Waals surface area contributed by atoms with Crippen LogP contribution in [0.1, 0.15) is 20.8 Å². The molecule has 0 aliphatic carbocycles. The van der Waals surface area contributed by atoms with Crippen molar-refractivity contribution in [2.45, 2.75) is 38.5 Å². The van der Waals surface area contributed by atoms with E-state index in [9.17, 15) is 19.6 Å². The molecule has 160 valence electrons. The van der Waals surface area contributed by atoms with E-state index < -0.39 is 29.6 Å². The van der Waals surface area contributed by atoms with Crippen molar-refractivity contribution in [1.29, 1.82) is 0 Å². The molecule has 1 aliphatic rings. The lowest BCUT2D eigenvalue weighted by Gasteiger charge is -2.31. The van der Waals surface area contributed by atoms with Crippen LogP contribution in [0, 0.1) is 0 Å². The SMILES string of the molecule is CC(Oc1ccc(-c2ccsc2)cc1)C(CN1C(=O)N(C)C(C)(C)C1=O)N(O)C=O. The van der Waals surface area contributed by atoms with E-state index in [1.54, 1.807) is 51.3 Å². The number of thiophene rings is 1. The van der Waals surface area contributed by atoms with Crippen molar-refractivity contribution in [3.8, 4) is 16.9 Å². The number of imide groups is 1. The molecule has 0 radical (unpaired) electrons. The molecule has 2 heterocycles. The van der Waals surface area contributed by atoms with E-state index in [1.807, 2.05) is 29.0 Å². The van der Waals surface area contributed by atoms with Crippen LogP contribution < -0.4 is 4.74 Å². The number of nitrogens with zero attached hydrogens (tertiary/aromatic N) is 3. The maximum atomic E-state index is 12.7. The first-order valence-corrected chi connectivity index (χ1v) is 10.4. The van der Waals surface area contributed by atoms with E-state index in [0.29, 0.717) is 10.8 Å². The van der Waals surface area contributed by atoms with E-state index in [2.05, 4.69) is 0 Å². The number of amides is 4. The minimum absolute atomic E-state index is 0.186. The number of urea groups is 1. The topological polar surface area (TPSA) is 90.4 Å². The molecule has 1 aromatic carbocycles. The Balaban J connectivity index is 1.75. The van der Waals surface area contributed by atoms with Crippen LogP contribution >= 0.6 is 11.3 Å². The summed E-state index contributed by atoms with van der Waals surface area (Å²) in [6.07, 6.45) is -0.453. The summed E-state index contributed by atoms with van der Waals surface area (Å²) in [6.45, 7) is 4.78. The lowest BCUT2D eigenvalue weighted by molar-refractivity contribution is -0.170. The molecule has 8 nitrogen and oxygen atoms in total. The predicted octanol–water partition coefficient (Wildman–Crippen LogP) is 3.07. The van der Waals surface area contributed by atoms with Gasteiger partial charge in [0, 0.05) is 7.05 Å². The molecule has 0 saturated carbocycles. The van der Waals surface area contributed by atoms with Gasteiger partial charge in [-0.05, 0) is 60.9 Å². The van der Waals surface area contributed by atoms with Crippen LogP contribution in [-0.4, -0.2) is 69.7 Å². The average Bonchev–Trinajstić information content (AvgIpc) is 3.31. The van der Waals surface area contributed by atoms with Crippen LogP contribution in [0.25, 0.3) is 11.1 Å². The molecular formula is C21H25N3O5S. The minimum Gasteiger partial charge on any atom is -0.488 e. The van der Waals surface area contributed by atoms with E-state index in [1.165, 1.54) is 4.90 Å². The lowest BCUT2D eigenvalue weighted by atomic mass is 10.0. The van der Waals surface area contributed by atoms with Crippen molar-refractivity contribution >= 4 is 29.7 Å². The van der Waals surface area contributed by atoms with Gasteiger partial charge in [-0.25, -0.2) is 9.86 Å². The van der Waals surface area contributed by atoms with Crippen LogP contribution in [0.5, 0.6) is 5.75 Å². The second-order valence-corrected chi connectivity index (χ2v) is 8.51. The molecule has 4 amide bonds. The van der Waals surface area contributed by atoms with Crippen LogP contribution in [-0.2, 0) is 9.59 Å². The summed E-state index contributed by atoms with van der Waals surface area (Å²) in [5.74, 6) is 0.147. The van der Waals surface area contributed by atoms with Crippen molar-refractivity contribution < 1.29 is 24.3 Å². The molecule has 1 aliphatic heterocycles. The Labute approximate surface area is 179 Å². The Morgan fingerprint density at radius 2 is 1.87 bits per heavy atom. The summed E-state index contributed by atoms with van der Waals surface area (Å²) >= 11 is 1.61. The Kier molecular flexibility index (Phi) is 6.14. The Morgan fingerprint density at radius 1 is 1.20 bits per heavy atom. The largest absolute Gasteiger partial charge is 0.488 e. The number of benzene rings is 1. The molecule has 0 spiro atoms. The van der Waals surface area contributed by atoms with Crippen LogP contribution in [0.3, 0.4) is 0 Å². The van der Waals surface area contributed by atoms with Crippen LogP contribution in [0.15, 0.2) is 41.1 Å². The Morgan fingerprint density at radius 3 is 2.37 bits per heavy atom. The van der Waals surface area contributed by atoms with Crippen molar-refractivity contribution in [1.82, 2.24) is 14.9 Å². The third-order valence-corrected chi connectivity index (χ3v) is 6.20. The third-order valence-electron chi connectivity index (χ3n) is 5.51. The zero-order valence-electron chi connectivity index (χ0n) is 17.3. The van der Waals surface area contributed by atoms with Gasteiger partial charge in [-0.2, -0.15) is 11.3 Å². The van der Waals surface area contributed by atoms with E-state index in [0.717, 1.165) is 16.0 Å². The Bertz CT molecular complexity index is 913. The van der Waals surface area contributed by atoms with Gasteiger partial charge in [0.25, 0.3) is 5.91 Å². The highest BCUT2D eigenvalue weighted by molar-refractivity contribution is 7.08. The monoisotopic (exact) mass is 431 g/mol. The number of carbonyl (C=O) groups is 3. The second-order valence-electron chi connectivity index (χ2n) is 7.73. The fraction of sp³-hybridized carbons (Fsp3) is 0.381. The van der Waals surface area contributed by atoms with Gasteiger partial charge in [0.2, 0.25) is 6.41 Å². The summed E-state index contributed by atoms with van der Waals surface area (Å²) in [5.41, 5.74) is 1.16. The number of hydrogen-bond donors (Lipinski definition) is 1. The lowest BCUT2D eigenvalue weighted by Crippen LogP contribution is -2.51. The molecule has 1 fully saturated rings. The number of rotatable bonds is 8. The first-order chi connectivity index (χ1) is 14.2. The number of carbonyl (C=O) groups excluding carboxylic acids is 3. The molecule has 3 rings (SSSR count). The highest BCUT2D eigenvalue weighted by Crippen LogP contribution is 2.28. The second kappa shape index (κ2) is 8.45. The standard InChI is InChI=1S/C21H25N3O5S/c1-14(29-17-7-5-15(6-8-17)16-9-10-30-12-16)18(24(28)13-25)11-23-19(26)21(2,3)22(4)20(23)27/h5-10,12-14,18,28H,11H2,1-4H3. The predicted molar refractivity (Wildman–Crippen MR) is 112 cm³/mol. The number of ether oxygens (including phenoxy) is 1. The first kappa shape index (κ1) is 21.8. The molecular weight excluding hydrogens is 406 g/mol. The average molecular weight is 432 g/mol. The molecule has 1 aromatic heterocycles. The van der Waals surface area contributed by atoms with Gasteiger partial charge in [-0.15, -0.1) is 0 Å². The fourth-order valence-electron chi connectivity index (χ4n) is 3.30. The summed E-state index contributed by atoms with van der Waals surface area (Å²) in [7, 11) is 1.54. The maximum absolute atomic E-state index is 12.7. The summed E-state index contributed by atoms with van der Waals surface area (Å²) < 4.78 is 5.91. The van der Waals surface area contributed by atoms with E-state index >= 15 is 0 Å². The Hall–Kier alpha value is -2.91. The number of likely N-dealkylation sites (N-methyl/N-ethyl adjacent to an activating group) is 1. The zero-order chi connectivity index (χ0) is 22.1. The molecule has 2 unspecified atom stereocenters. The molecule has 9 heteroatoms. The molecule has 2 atom stereocenters. The normalized spacial score (nSPS) is 17.8. The van der Waals surface area contributed by atoms with Gasteiger partial charge in [0.15, 0.2) is 0 Å². The van der Waals surface area contributed by atoms with Crippen LogP contribution in [0.2, 0.25) is 0 Å². The van der Waals surface area contributed by atoms with E-state index in [-0.39, 0.29) is 13.0 Å². The van der Waals surface area contributed by atoms with Crippen molar-refractivity contribution in [2.75, 3.05) is 13.6 Å². The smallest absolute Gasteiger partial charge is 0.327 e. The highest BCUT2D eigenvalue weighted by atomic mass is 32.1. The van der Waals surface area contributed by atoms with Crippen molar-refractivity contribution in [3.63, 3.8) is 0 Å². The highest BCUT2D eigenvalue weighted by Gasteiger charge is 2.50. The molecule has 1 saturated heterocycles. The van der Waals surface area contributed by atoms with Gasteiger partial charge in [-0.1, -0.05) is 12.1 Å². The van der Waals surface area contributed by atoms with Gasteiger partial charge >= 0.3 is 6.03 Å². The van der Waals surface area contributed by atoms with Gasteiger partial charge in [0.05, 0.1) is 6.54 Å². The molecule has 0 bridgehead atoms. The quantitative estimate of drug-likeness (QED) is 0.300. The fourth-order valence-corrected chi connectivity index (χ4v) is 3.97. The zero-order valence-corrected chi connectivity index (χ0v) is 18.1. The van der Waals surface area contributed by atoms with Gasteiger partial charge in [0.1, 0.15) is 23.4 Å². The van der Waals surface area contributed by atoms with Crippen molar-refractivity contribution in [3.05, 3.63) is 41.1 Å². The maximum Gasteiger partial charge on any atom is 0.327 e. The number of hydroxylamine groups is 2. The number of hydrogen-bond acceptors (Lipinski definition) is 6. The van der Waals surface area contributed by atoms with E-state index in [4.69, 9.17) is 4.74 Å². The molecule has 1 N–H and O–H groups in total. The molecule has 2 aromatic rings. The summed E-state index contributed by atoms with van der Waals surface area (Å²) in [4.78, 5) is 38.8. The van der Waals surface area contributed by atoms with Crippen LogP contribution in [0.4, 0.5) is 4.79 Å². The van der Waals surface area contributed by atoms with Gasteiger partial charge < -0.3 is 9.64 Å². The summed E-state index contributed by atoms with van der Waals surface area (Å²) in [6, 6.07) is 8.03. The third kappa shape index (κ3) is 4.03. The summed E-state index contributed by atoms with van der Waals surface area (Å²) in [5, 5.41) is 14.6. The molecule has 30 heavy (non-hydrogen) atoms. The first-order valence-electron chi connectivity index (χ1n) is 9.48. The van der Waals surface area contributed by atoms with Crippen molar-refractivity contribution in [2.24, 2.45) is 0 Å². The van der Waals surface area contributed by atoms with Gasteiger partial charge in [-0.3, -0.25) is 19.7 Å². The minimum atomic E-state index is -0.995.